The number of benzene rings is 1. The highest BCUT2D eigenvalue weighted by Gasteiger charge is 2.37. The van der Waals surface area contributed by atoms with Gasteiger partial charge in [-0.05, 0) is 37.1 Å². The average Bonchev–Trinajstić information content (AvgIpc) is 2.93. The van der Waals surface area contributed by atoms with Gasteiger partial charge in [-0.1, -0.05) is 6.07 Å². The van der Waals surface area contributed by atoms with E-state index in [4.69, 9.17) is 5.73 Å². The van der Waals surface area contributed by atoms with Crippen LogP contribution in [0, 0.1) is 0 Å². The highest BCUT2D eigenvalue weighted by molar-refractivity contribution is 5.57. The summed E-state index contributed by atoms with van der Waals surface area (Å²) in [7, 11) is 0. The van der Waals surface area contributed by atoms with Gasteiger partial charge in [-0.25, -0.2) is 0 Å². The molecule has 3 nitrogen and oxygen atoms in total. The van der Waals surface area contributed by atoms with Crippen LogP contribution in [0.3, 0.4) is 0 Å². The summed E-state index contributed by atoms with van der Waals surface area (Å²) in [5.41, 5.74) is 5.73. The molecule has 1 atom stereocenters. The molecule has 3 rings (SSSR count). The van der Waals surface area contributed by atoms with Gasteiger partial charge in [0, 0.05) is 37.9 Å². The third kappa shape index (κ3) is 2.87. The predicted octanol–water partition coefficient (Wildman–Crippen LogP) is 2.45. The summed E-state index contributed by atoms with van der Waals surface area (Å²) in [6.07, 6.45) is -2.11. The molecule has 0 aliphatic carbocycles. The van der Waals surface area contributed by atoms with Gasteiger partial charge in [0.1, 0.15) is 0 Å². The minimum atomic E-state index is -4.34. The molecule has 1 unspecified atom stereocenters. The van der Waals surface area contributed by atoms with Gasteiger partial charge in [0.2, 0.25) is 0 Å². The van der Waals surface area contributed by atoms with Crippen molar-refractivity contribution >= 4 is 5.69 Å². The maximum absolute atomic E-state index is 13.3. The first kappa shape index (κ1) is 14.7. The third-order valence-corrected chi connectivity index (χ3v) is 4.53. The van der Waals surface area contributed by atoms with E-state index in [0.29, 0.717) is 30.4 Å². The van der Waals surface area contributed by atoms with Crippen LogP contribution in [0.4, 0.5) is 18.9 Å². The summed E-state index contributed by atoms with van der Waals surface area (Å²) in [5.74, 6) is 0. The number of hydrogen-bond donors (Lipinski definition) is 1. The first-order chi connectivity index (χ1) is 9.99. The van der Waals surface area contributed by atoms with Crippen LogP contribution < -0.4 is 10.6 Å². The fraction of sp³-hybridized carbons (Fsp3) is 0.600. The average molecular weight is 299 g/mol. The normalized spacial score (nSPS) is 23.4. The number of halogens is 3. The Morgan fingerprint density at radius 1 is 1.19 bits per heavy atom. The molecule has 1 aromatic carbocycles. The quantitative estimate of drug-likeness (QED) is 0.910. The van der Waals surface area contributed by atoms with Crippen molar-refractivity contribution in [3.8, 4) is 0 Å². The Morgan fingerprint density at radius 3 is 2.71 bits per heavy atom. The summed E-state index contributed by atoms with van der Waals surface area (Å²) in [6, 6.07) is 4.87. The Labute approximate surface area is 122 Å². The number of rotatable bonds is 2. The molecule has 0 radical (unpaired) electrons. The zero-order valence-corrected chi connectivity index (χ0v) is 11.9. The largest absolute Gasteiger partial charge is 0.418 e. The standard InChI is InChI=1S/C15H20F3N3/c16-15(17,18)13-8-11(9-19)3-4-14(13)21-7-6-20-5-1-2-12(20)10-21/h3-4,8,12H,1-2,5-7,9-10,19H2. The molecule has 0 spiro atoms. The first-order valence-electron chi connectivity index (χ1n) is 7.38. The molecule has 6 heteroatoms. The van der Waals surface area contributed by atoms with Gasteiger partial charge in [-0.3, -0.25) is 4.90 Å². The van der Waals surface area contributed by atoms with Crippen LogP contribution in [-0.4, -0.2) is 37.1 Å². The van der Waals surface area contributed by atoms with Crippen molar-refractivity contribution in [1.82, 2.24) is 4.90 Å². The molecule has 116 valence electrons. The van der Waals surface area contributed by atoms with Crippen LogP contribution >= 0.6 is 0 Å². The lowest BCUT2D eigenvalue weighted by Crippen LogP contribution is -2.50. The number of anilines is 1. The first-order valence-corrected chi connectivity index (χ1v) is 7.38. The molecule has 2 aliphatic heterocycles. The molecule has 21 heavy (non-hydrogen) atoms. The van der Waals surface area contributed by atoms with Crippen LogP contribution in [0.25, 0.3) is 0 Å². The Balaban J connectivity index is 1.90. The molecular weight excluding hydrogens is 279 g/mol. The smallest absolute Gasteiger partial charge is 0.368 e. The van der Waals surface area contributed by atoms with E-state index < -0.39 is 11.7 Å². The van der Waals surface area contributed by atoms with E-state index in [1.54, 1.807) is 12.1 Å². The van der Waals surface area contributed by atoms with Crippen molar-refractivity contribution in [3.63, 3.8) is 0 Å². The summed E-state index contributed by atoms with van der Waals surface area (Å²) in [4.78, 5) is 4.27. The van der Waals surface area contributed by atoms with Gasteiger partial charge in [-0.15, -0.1) is 0 Å². The molecule has 2 heterocycles. The molecule has 0 bridgehead atoms. The molecule has 0 saturated carbocycles. The van der Waals surface area contributed by atoms with Crippen molar-refractivity contribution in [2.45, 2.75) is 31.6 Å². The zero-order chi connectivity index (χ0) is 15.0. The van der Waals surface area contributed by atoms with E-state index in [1.165, 1.54) is 6.07 Å². The van der Waals surface area contributed by atoms with Crippen LogP contribution in [0.15, 0.2) is 18.2 Å². The molecule has 0 amide bonds. The van der Waals surface area contributed by atoms with Crippen molar-refractivity contribution in [1.29, 1.82) is 0 Å². The molecular formula is C15H20F3N3. The zero-order valence-electron chi connectivity index (χ0n) is 11.9. The Bertz CT molecular complexity index is 515. The van der Waals surface area contributed by atoms with E-state index in [9.17, 15) is 13.2 Å². The van der Waals surface area contributed by atoms with E-state index in [2.05, 4.69) is 4.90 Å². The minimum absolute atomic E-state index is 0.125. The van der Waals surface area contributed by atoms with Crippen molar-refractivity contribution in [3.05, 3.63) is 29.3 Å². The minimum Gasteiger partial charge on any atom is -0.368 e. The second-order valence-electron chi connectivity index (χ2n) is 5.83. The summed E-state index contributed by atoms with van der Waals surface area (Å²) >= 11 is 0. The lowest BCUT2D eigenvalue weighted by Gasteiger charge is -2.39. The van der Waals surface area contributed by atoms with E-state index >= 15 is 0 Å². The second kappa shape index (κ2) is 5.50. The molecule has 2 N–H and O–H groups in total. The van der Waals surface area contributed by atoms with E-state index in [-0.39, 0.29) is 6.54 Å². The van der Waals surface area contributed by atoms with Gasteiger partial charge < -0.3 is 10.6 Å². The van der Waals surface area contributed by atoms with Gasteiger partial charge >= 0.3 is 6.18 Å². The van der Waals surface area contributed by atoms with Crippen molar-refractivity contribution in [2.75, 3.05) is 31.1 Å². The van der Waals surface area contributed by atoms with Crippen LogP contribution in [0.1, 0.15) is 24.0 Å². The molecule has 0 aromatic heterocycles. The van der Waals surface area contributed by atoms with Gasteiger partial charge in [-0.2, -0.15) is 13.2 Å². The number of fused-ring (bicyclic) bond motifs is 1. The van der Waals surface area contributed by atoms with E-state index in [1.807, 2.05) is 4.90 Å². The van der Waals surface area contributed by atoms with Crippen molar-refractivity contribution in [2.24, 2.45) is 5.73 Å². The van der Waals surface area contributed by atoms with Gasteiger partial charge in [0.15, 0.2) is 0 Å². The second-order valence-corrected chi connectivity index (χ2v) is 5.83. The Kier molecular flexibility index (Phi) is 3.84. The number of nitrogens with two attached hydrogens (primary N) is 1. The summed E-state index contributed by atoms with van der Waals surface area (Å²) in [5, 5.41) is 0. The molecule has 2 aliphatic rings. The number of alkyl halides is 3. The Hall–Kier alpha value is -1.27. The van der Waals surface area contributed by atoms with Gasteiger partial charge in [0.25, 0.3) is 0 Å². The topological polar surface area (TPSA) is 32.5 Å². The Morgan fingerprint density at radius 2 is 2.00 bits per heavy atom. The number of nitrogens with zero attached hydrogens (tertiary/aromatic N) is 2. The third-order valence-electron chi connectivity index (χ3n) is 4.53. The molecule has 1 aromatic rings. The highest BCUT2D eigenvalue weighted by atomic mass is 19.4. The van der Waals surface area contributed by atoms with Crippen molar-refractivity contribution < 1.29 is 13.2 Å². The predicted molar refractivity (Wildman–Crippen MR) is 76.1 cm³/mol. The van der Waals surface area contributed by atoms with Crippen LogP contribution in [0.2, 0.25) is 0 Å². The summed E-state index contributed by atoms with van der Waals surface area (Å²) < 4.78 is 39.9. The fourth-order valence-corrected chi connectivity index (χ4v) is 3.42. The van der Waals surface area contributed by atoms with Gasteiger partial charge in [0.05, 0.1) is 5.56 Å². The van der Waals surface area contributed by atoms with Crippen LogP contribution in [-0.2, 0) is 12.7 Å². The summed E-state index contributed by atoms with van der Waals surface area (Å²) in [6.45, 7) is 3.39. The molecule has 2 saturated heterocycles. The maximum atomic E-state index is 13.3. The number of hydrogen-bond acceptors (Lipinski definition) is 3. The van der Waals surface area contributed by atoms with E-state index in [0.717, 1.165) is 25.9 Å². The maximum Gasteiger partial charge on any atom is 0.418 e. The highest BCUT2D eigenvalue weighted by Crippen LogP contribution is 2.38. The number of piperazine rings is 1. The monoisotopic (exact) mass is 299 g/mol. The van der Waals surface area contributed by atoms with Crippen LogP contribution in [0.5, 0.6) is 0 Å². The lowest BCUT2D eigenvalue weighted by molar-refractivity contribution is -0.137. The fourth-order valence-electron chi connectivity index (χ4n) is 3.42. The SMILES string of the molecule is NCc1ccc(N2CCN3CCCC3C2)c(C(F)(F)F)c1. The molecule has 2 fully saturated rings. The lowest BCUT2D eigenvalue weighted by atomic mass is 10.0.